The van der Waals surface area contributed by atoms with E-state index in [2.05, 4.69) is 60.7 Å². The van der Waals surface area contributed by atoms with Crippen LogP contribution in [-0.4, -0.2) is 28.4 Å². The van der Waals surface area contributed by atoms with E-state index in [-0.39, 0.29) is 0 Å². The van der Waals surface area contributed by atoms with Crippen LogP contribution in [0.25, 0.3) is 11.1 Å². The van der Waals surface area contributed by atoms with Gasteiger partial charge in [0, 0.05) is 11.1 Å². The molecule has 4 nitrogen and oxygen atoms in total. The topological polar surface area (TPSA) is 36.9 Å². The van der Waals surface area contributed by atoms with Gasteiger partial charge in [0.25, 0.3) is 0 Å². The Bertz CT molecular complexity index is 1190. The largest absolute Gasteiger partial charge is 0.497 e. The molecular formula is C32H34O4. The van der Waals surface area contributed by atoms with Gasteiger partial charge in [0.2, 0.25) is 0 Å². The van der Waals surface area contributed by atoms with Crippen LogP contribution in [0.5, 0.6) is 23.0 Å². The van der Waals surface area contributed by atoms with Gasteiger partial charge in [-0.1, -0.05) is 48.5 Å². The average Bonchev–Trinajstić information content (AvgIpc) is 2.94. The van der Waals surface area contributed by atoms with E-state index in [1.807, 2.05) is 24.3 Å². The number of methoxy groups -OCH3 is 4. The van der Waals surface area contributed by atoms with Crippen molar-refractivity contribution >= 4 is 0 Å². The predicted octanol–water partition coefficient (Wildman–Crippen LogP) is 6.96. The van der Waals surface area contributed by atoms with Crippen LogP contribution < -0.4 is 18.9 Å². The fourth-order valence-electron chi connectivity index (χ4n) is 4.46. The number of ether oxygens (including phenoxy) is 4. The highest BCUT2D eigenvalue weighted by molar-refractivity contribution is 5.76. The Morgan fingerprint density at radius 3 is 1.17 bits per heavy atom. The molecule has 0 amide bonds. The van der Waals surface area contributed by atoms with Crippen molar-refractivity contribution in [1.82, 2.24) is 0 Å². The number of aryl methyl sites for hydroxylation is 4. The lowest BCUT2D eigenvalue weighted by molar-refractivity contribution is 0.409. The van der Waals surface area contributed by atoms with Gasteiger partial charge in [-0.05, 0) is 84.3 Å². The van der Waals surface area contributed by atoms with E-state index >= 15 is 0 Å². The quantitative estimate of drug-likeness (QED) is 0.232. The van der Waals surface area contributed by atoms with Crippen LogP contribution in [0.1, 0.15) is 22.3 Å². The third-order valence-corrected chi connectivity index (χ3v) is 6.50. The molecule has 0 atom stereocenters. The fourth-order valence-corrected chi connectivity index (χ4v) is 4.46. The molecule has 4 rings (SSSR count). The third kappa shape index (κ3) is 6.19. The lowest BCUT2D eigenvalue weighted by atomic mass is 9.96. The van der Waals surface area contributed by atoms with Gasteiger partial charge in [-0.3, -0.25) is 0 Å². The average molecular weight is 483 g/mol. The van der Waals surface area contributed by atoms with Gasteiger partial charge >= 0.3 is 0 Å². The zero-order valence-corrected chi connectivity index (χ0v) is 21.5. The summed E-state index contributed by atoms with van der Waals surface area (Å²) in [4.78, 5) is 0. The normalized spacial score (nSPS) is 10.7. The second kappa shape index (κ2) is 12.2. The van der Waals surface area contributed by atoms with Crippen molar-refractivity contribution in [2.75, 3.05) is 28.4 Å². The zero-order valence-electron chi connectivity index (χ0n) is 21.5. The number of hydrogen-bond acceptors (Lipinski definition) is 4. The van der Waals surface area contributed by atoms with Crippen molar-refractivity contribution in [3.63, 3.8) is 0 Å². The van der Waals surface area contributed by atoms with Crippen molar-refractivity contribution in [3.8, 4) is 34.1 Å². The van der Waals surface area contributed by atoms with Gasteiger partial charge in [-0.2, -0.15) is 0 Å². The van der Waals surface area contributed by atoms with Crippen molar-refractivity contribution < 1.29 is 18.9 Å². The third-order valence-electron chi connectivity index (χ3n) is 6.50. The molecule has 0 N–H and O–H groups in total. The first-order chi connectivity index (χ1) is 17.6. The molecule has 0 unspecified atom stereocenters. The van der Waals surface area contributed by atoms with E-state index in [4.69, 9.17) is 18.9 Å². The van der Waals surface area contributed by atoms with Crippen molar-refractivity contribution in [3.05, 3.63) is 107 Å². The summed E-state index contributed by atoms with van der Waals surface area (Å²) >= 11 is 0. The van der Waals surface area contributed by atoms with E-state index < -0.39 is 0 Å². The molecule has 0 heterocycles. The summed E-state index contributed by atoms with van der Waals surface area (Å²) in [5, 5.41) is 0. The van der Waals surface area contributed by atoms with Crippen LogP contribution in [0.4, 0.5) is 0 Å². The standard InChI is InChI=1S/C32H34O4/c1-33-27-9-5-7-23(19-27)11-13-25-15-17-29(31(21-25)35-3)30-18-16-26(22-32(30)36-4)14-12-24-8-6-10-28(20-24)34-2/h5-10,15-22H,11-14H2,1-4H3. The van der Waals surface area contributed by atoms with Crippen molar-refractivity contribution in [1.29, 1.82) is 0 Å². The molecular weight excluding hydrogens is 448 g/mol. The maximum absolute atomic E-state index is 5.80. The molecule has 0 aliphatic heterocycles. The summed E-state index contributed by atoms with van der Waals surface area (Å²) < 4.78 is 22.3. The minimum Gasteiger partial charge on any atom is -0.497 e. The maximum atomic E-state index is 5.80. The second-order valence-electron chi connectivity index (χ2n) is 8.77. The van der Waals surface area contributed by atoms with Crippen molar-refractivity contribution in [2.24, 2.45) is 0 Å². The Balaban J connectivity index is 1.50. The Labute approximate surface area is 214 Å². The molecule has 4 aromatic rings. The molecule has 0 aliphatic carbocycles. The lowest BCUT2D eigenvalue weighted by Crippen LogP contribution is -1.97. The number of benzene rings is 4. The first-order valence-electron chi connectivity index (χ1n) is 12.2. The summed E-state index contributed by atoms with van der Waals surface area (Å²) in [6.07, 6.45) is 3.71. The van der Waals surface area contributed by atoms with E-state index in [0.717, 1.165) is 59.8 Å². The minimum absolute atomic E-state index is 0.848. The summed E-state index contributed by atoms with van der Waals surface area (Å²) in [6, 6.07) is 29.3. The van der Waals surface area contributed by atoms with Gasteiger partial charge in [-0.25, -0.2) is 0 Å². The summed E-state index contributed by atoms with van der Waals surface area (Å²) in [5.41, 5.74) is 7.02. The summed E-state index contributed by atoms with van der Waals surface area (Å²) in [7, 11) is 6.84. The molecule has 0 bridgehead atoms. The Morgan fingerprint density at radius 2 is 0.806 bits per heavy atom. The first-order valence-corrected chi connectivity index (χ1v) is 12.2. The van der Waals surface area contributed by atoms with Gasteiger partial charge < -0.3 is 18.9 Å². The second-order valence-corrected chi connectivity index (χ2v) is 8.77. The van der Waals surface area contributed by atoms with E-state index in [9.17, 15) is 0 Å². The highest BCUT2D eigenvalue weighted by Gasteiger charge is 2.13. The summed E-state index contributed by atoms with van der Waals surface area (Å²) in [6.45, 7) is 0. The van der Waals surface area contributed by atoms with Gasteiger partial charge in [0.05, 0.1) is 28.4 Å². The zero-order chi connectivity index (χ0) is 25.3. The molecule has 0 aromatic heterocycles. The molecule has 0 saturated carbocycles. The fraction of sp³-hybridized carbons (Fsp3) is 0.250. The number of hydrogen-bond donors (Lipinski definition) is 0. The molecule has 36 heavy (non-hydrogen) atoms. The molecule has 0 aliphatic rings. The van der Waals surface area contributed by atoms with Crippen LogP contribution >= 0.6 is 0 Å². The van der Waals surface area contributed by atoms with Crippen LogP contribution in [0.15, 0.2) is 84.9 Å². The Hall–Kier alpha value is -3.92. The highest BCUT2D eigenvalue weighted by atomic mass is 16.5. The van der Waals surface area contributed by atoms with E-state index in [1.165, 1.54) is 22.3 Å². The lowest BCUT2D eigenvalue weighted by Gasteiger charge is -2.15. The van der Waals surface area contributed by atoms with Gasteiger partial charge in [0.1, 0.15) is 23.0 Å². The first kappa shape index (κ1) is 25.2. The predicted molar refractivity (Wildman–Crippen MR) is 146 cm³/mol. The molecule has 0 fully saturated rings. The monoisotopic (exact) mass is 482 g/mol. The number of rotatable bonds is 11. The van der Waals surface area contributed by atoms with Gasteiger partial charge in [0.15, 0.2) is 0 Å². The molecule has 186 valence electrons. The van der Waals surface area contributed by atoms with E-state index in [0.29, 0.717) is 0 Å². The SMILES string of the molecule is COc1cccc(CCc2ccc(-c3ccc(CCc4cccc(OC)c4)cc3OC)c(OC)c2)c1. The van der Waals surface area contributed by atoms with Crippen LogP contribution in [0.2, 0.25) is 0 Å². The van der Waals surface area contributed by atoms with Crippen molar-refractivity contribution in [2.45, 2.75) is 25.7 Å². The molecule has 0 radical (unpaired) electrons. The molecule has 4 aromatic carbocycles. The van der Waals surface area contributed by atoms with Crippen LogP contribution in [-0.2, 0) is 25.7 Å². The smallest absolute Gasteiger partial charge is 0.127 e. The maximum Gasteiger partial charge on any atom is 0.127 e. The van der Waals surface area contributed by atoms with Crippen LogP contribution in [0, 0.1) is 0 Å². The highest BCUT2D eigenvalue weighted by Crippen LogP contribution is 2.38. The van der Waals surface area contributed by atoms with Crippen LogP contribution in [0.3, 0.4) is 0 Å². The molecule has 4 heteroatoms. The van der Waals surface area contributed by atoms with Gasteiger partial charge in [-0.15, -0.1) is 0 Å². The molecule has 0 saturated heterocycles. The Kier molecular flexibility index (Phi) is 8.51. The molecule has 0 spiro atoms. The summed E-state index contributed by atoms with van der Waals surface area (Å²) in [5.74, 6) is 3.47. The Morgan fingerprint density at radius 1 is 0.417 bits per heavy atom. The minimum atomic E-state index is 0.848. The van der Waals surface area contributed by atoms with E-state index in [1.54, 1.807) is 28.4 Å².